The van der Waals surface area contributed by atoms with Gasteiger partial charge in [0.05, 0.1) is 12.1 Å². The van der Waals surface area contributed by atoms with Crippen molar-refractivity contribution >= 4 is 29.0 Å². The van der Waals surface area contributed by atoms with E-state index in [0.29, 0.717) is 0 Å². The van der Waals surface area contributed by atoms with Gasteiger partial charge in [0, 0.05) is 12.6 Å². The Morgan fingerprint density at radius 2 is 1.92 bits per heavy atom. The Morgan fingerprint density at radius 1 is 1.25 bits per heavy atom. The average molecular weight is 350 g/mol. The van der Waals surface area contributed by atoms with Gasteiger partial charge in [-0.15, -0.1) is 11.3 Å². The summed E-state index contributed by atoms with van der Waals surface area (Å²) in [7, 11) is 1.44. The first-order valence-electron chi connectivity index (χ1n) is 7.08. The van der Waals surface area contributed by atoms with Crippen LogP contribution in [0.5, 0.6) is 0 Å². The molecule has 0 radical (unpaired) electrons. The van der Waals surface area contributed by atoms with Crippen LogP contribution in [0.15, 0.2) is 29.8 Å². The number of benzene rings is 1. The number of aromatic nitrogens is 1. The molecule has 6 nitrogen and oxygen atoms in total. The minimum absolute atomic E-state index is 0.0210. The summed E-state index contributed by atoms with van der Waals surface area (Å²) in [5.74, 6) is -1.99. The third-order valence-corrected chi connectivity index (χ3v) is 3.92. The van der Waals surface area contributed by atoms with E-state index in [1.807, 2.05) is 0 Å². The minimum Gasteiger partial charge on any atom is -0.465 e. The number of carbonyl (C=O) groups is 3. The van der Waals surface area contributed by atoms with Gasteiger partial charge >= 0.3 is 5.97 Å². The number of hydrogen-bond donors (Lipinski definition) is 0. The normalized spacial score (nSPS) is 10.3. The second-order valence-electron chi connectivity index (χ2n) is 4.83. The Hall–Kier alpha value is -2.61. The molecule has 1 aromatic heterocycles. The molecule has 8 heteroatoms. The van der Waals surface area contributed by atoms with Crippen LogP contribution >= 0.6 is 11.3 Å². The van der Waals surface area contributed by atoms with E-state index in [9.17, 15) is 18.8 Å². The van der Waals surface area contributed by atoms with Gasteiger partial charge in [-0.25, -0.2) is 9.37 Å². The number of thiazole rings is 1. The van der Waals surface area contributed by atoms with E-state index >= 15 is 0 Å². The van der Waals surface area contributed by atoms with Crippen LogP contribution in [0.4, 0.5) is 4.39 Å². The van der Waals surface area contributed by atoms with Crippen LogP contribution in [-0.2, 0) is 9.53 Å². The Labute approximate surface area is 141 Å². The zero-order valence-corrected chi connectivity index (χ0v) is 13.9. The van der Waals surface area contributed by atoms with Gasteiger partial charge in [0.25, 0.3) is 5.91 Å². The van der Waals surface area contributed by atoms with Gasteiger partial charge in [0.2, 0.25) is 5.78 Å². The number of halogens is 1. The van der Waals surface area contributed by atoms with Crippen LogP contribution in [0.25, 0.3) is 0 Å². The summed E-state index contributed by atoms with van der Waals surface area (Å²) in [5.41, 5.74) is 1.58. The van der Waals surface area contributed by atoms with Crippen LogP contribution in [-0.4, -0.2) is 47.7 Å². The highest BCUT2D eigenvalue weighted by Crippen LogP contribution is 2.19. The molecule has 0 saturated heterocycles. The summed E-state index contributed by atoms with van der Waals surface area (Å²) in [5, 5.41) is 0. The fourth-order valence-electron chi connectivity index (χ4n) is 1.94. The number of esters is 1. The van der Waals surface area contributed by atoms with Crippen molar-refractivity contribution in [1.82, 2.24) is 9.88 Å². The number of carbonyl (C=O) groups excluding carboxylic acids is 3. The molecule has 0 aliphatic rings. The number of hydrogen-bond acceptors (Lipinski definition) is 6. The average Bonchev–Trinajstić information content (AvgIpc) is 3.03. The van der Waals surface area contributed by atoms with E-state index in [-0.39, 0.29) is 29.3 Å². The van der Waals surface area contributed by atoms with Crippen molar-refractivity contribution in [2.24, 2.45) is 0 Å². The third kappa shape index (κ3) is 4.02. The van der Waals surface area contributed by atoms with Gasteiger partial charge in [-0.05, 0) is 31.2 Å². The summed E-state index contributed by atoms with van der Waals surface area (Å²) in [4.78, 5) is 41.6. The first-order chi connectivity index (χ1) is 11.4. The Kier molecular flexibility index (Phi) is 5.75. The number of rotatable bonds is 6. The fraction of sp³-hybridized carbons (Fsp3) is 0.250. The van der Waals surface area contributed by atoms with Gasteiger partial charge in [-0.2, -0.15) is 0 Å². The van der Waals surface area contributed by atoms with E-state index in [4.69, 9.17) is 4.74 Å². The van der Waals surface area contributed by atoms with E-state index < -0.39 is 23.5 Å². The number of likely N-dealkylation sites (N-methyl/N-ethyl adjacent to an activating group) is 1. The summed E-state index contributed by atoms with van der Waals surface area (Å²) in [6.07, 6.45) is 0. The molecule has 0 atom stereocenters. The molecule has 1 amide bonds. The number of amides is 1. The predicted molar refractivity (Wildman–Crippen MR) is 85.5 cm³/mol. The fourth-order valence-corrected chi connectivity index (χ4v) is 2.72. The molecular formula is C16H15FN2O4S. The number of ketones is 1. The van der Waals surface area contributed by atoms with Crippen LogP contribution in [0, 0.1) is 5.82 Å². The molecule has 0 unspecified atom stereocenters. The molecule has 0 aliphatic heterocycles. The molecule has 0 saturated carbocycles. The lowest BCUT2D eigenvalue weighted by Crippen LogP contribution is -2.33. The molecule has 1 heterocycles. The summed E-state index contributed by atoms with van der Waals surface area (Å²) < 4.78 is 17.8. The summed E-state index contributed by atoms with van der Waals surface area (Å²) in [6.45, 7) is 1.66. The SMILES string of the molecule is CCOC(=O)CN(C)C(=O)c1scnc1C(=O)c1ccc(F)cc1. The predicted octanol–water partition coefficient (Wildman–Crippen LogP) is 2.15. The topological polar surface area (TPSA) is 76.6 Å². The maximum atomic E-state index is 13.0. The Balaban J connectivity index is 2.20. The van der Waals surface area contributed by atoms with E-state index in [2.05, 4.69) is 4.98 Å². The van der Waals surface area contributed by atoms with Gasteiger partial charge in [-0.3, -0.25) is 14.4 Å². The van der Waals surface area contributed by atoms with Crippen LogP contribution in [0.2, 0.25) is 0 Å². The number of ether oxygens (including phenoxy) is 1. The van der Waals surface area contributed by atoms with Gasteiger partial charge < -0.3 is 9.64 Å². The highest BCUT2D eigenvalue weighted by Gasteiger charge is 2.25. The van der Waals surface area contributed by atoms with Crippen molar-refractivity contribution in [3.05, 3.63) is 51.7 Å². The molecule has 1 aromatic carbocycles. The van der Waals surface area contributed by atoms with Crippen molar-refractivity contribution in [2.75, 3.05) is 20.2 Å². The molecular weight excluding hydrogens is 335 g/mol. The summed E-state index contributed by atoms with van der Waals surface area (Å²) >= 11 is 1.00. The first-order valence-corrected chi connectivity index (χ1v) is 7.96. The maximum absolute atomic E-state index is 13.0. The lowest BCUT2D eigenvalue weighted by molar-refractivity contribution is -0.143. The third-order valence-electron chi connectivity index (χ3n) is 3.10. The van der Waals surface area contributed by atoms with E-state index in [0.717, 1.165) is 28.4 Å². The molecule has 2 rings (SSSR count). The molecule has 0 bridgehead atoms. The quantitative estimate of drug-likeness (QED) is 0.589. The molecule has 0 fully saturated rings. The standard InChI is InChI=1S/C16H15FN2O4S/c1-3-23-12(20)8-19(2)16(22)15-13(18-9-24-15)14(21)10-4-6-11(17)7-5-10/h4-7,9H,3,8H2,1-2H3. The Morgan fingerprint density at radius 3 is 2.54 bits per heavy atom. The molecule has 2 aromatic rings. The second-order valence-corrected chi connectivity index (χ2v) is 5.69. The smallest absolute Gasteiger partial charge is 0.325 e. The van der Waals surface area contributed by atoms with Crippen molar-refractivity contribution < 1.29 is 23.5 Å². The van der Waals surface area contributed by atoms with E-state index in [1.165, 1.54) is 24.7 Å². The Bertz CT molecular complexity index is 758. The van der Waals surface area contributed by atoms with Gasteiger partial charge in [0.15, 0.2) is 0 Å². The highest BCUT2D eigenvalue weighted by molar-refractivity contribution is 7.12. The van der Waals surface area contributed by atoms with Crippen LogP contribution < -0.4 is 0 Å². The van der Waals surface area contributed by atoms with Gasteiger partial charge in [-0.1, -0.05) is 0 Å². The summed E-state index contributed by atoms with van der Waals surface area (Å²) in [6, 6.07) is 4.98. The maximum Gasteiger partial charge on any atom is 0.325 e. The molecule has 0 N–H and O–H groups in total. The lowest BCUT2D eigenvalue weighted by atomic mass is 10.1. The van der Waals surface area contributed by atoms with Gasteiger partial charge in [0.1, 0.15) is 22.9 Å². The second kappa shape index (κ2) is 7.78. The van der Waals surface area contributed by atoms with Crippen molar-refractivity contribution in [3.8, 4) is 0 Å². The molecule has 0 spiro atoms. The molecule has 126 valence electrons. The van der Waals surface area contributed by atoms with Crippen molar-refractivity contribution in [2.45, 2.75) is 6.92 Å². The molecule has 0 aliphatic carbocycles. The monoisotopic (exact) mass is 350 g/mol. The highest BCUT2D eigenvalue weighted by atomic mass is 32.1. The number of nitrogens with zero attached hydrogens (tertiary/aromatic N) is 2. The molecule has 24 heavy (non-hydrogen) atoms. The van der Waals surface area contributed by atoms with E-state index in [1.54, 1.807) is 6.92 Å². The minimum atomic E-state index is -0.538. The first kappa shape index (κ1) is 17.7. The zero-order chi connectivity index (χ0) is 17.7. The van der Waals surface area contributed by atoms with Crippen molar-refractivity contribution in [1.29, 1.82) is 0 Å². The van der Waals surface area contributed by atoms with Crippen LogP contribution in [0.3, 0.4) is 0 Å². The zero-order valence-electron chi connectivity index (χ0n) is 13.1. The largest absolute Gasteiger partial charge is 0.465 e. The lowest BCUT2D eigenvalue weighted by Gasteiger charge is -2.15. The van der Waals surface area contributed by atoms with Crippen LogP contribution in [0.1, 0.15) is 32.6 Å². The van der Waals surface area contributed by atoms with Crippen molar-refractivity contribution in [3.63, 3.8) is 0 Å².